The van der Waals surface area contributed by atoms with Crippen LogP contribution < -0.4 is 0 Å². The highest BCUT2D eigenvalue weighted by Crippen LogP contribution is 2.38. The zero-order valence-electron chi connectivity index (χ0n) is 11.8. The quantitative estimate of drug-likeness (QED) is 0.704. The fraction of sp³-hybridized carbons (Fsp3) is 0.643. The summed E-state index contributed by atoms with van der Waals surface area (Å²) in [6.07, 6.45) is 0. The summed E-state index contributed by atoms with van der Waals surface area (Å²) in [4.78, 5) is 14.1. The number of carbonyl (C=O) groups is 1. The van der Waals surface area contributed by atoms with Crippen LogP contribution in [0.2, 0.25) is 0 Å². The number of ether oxygens (including phenoxy) is 1. The van der Waals surface area contributed by atoms with Gasteiger partial charge in [-0.1, -0.05) is 41.5 Å². The molecule has 0 saturated carbocycles. The molecule has 0 aromatic carbocycles. The third kappa shape index (κ3) is 3.09. The Morgan fingerprint density at radius 2 is 1.65 bits per heavy atom. The molecule has 1 rings (SSSR count). The maximum absolute atomic E-state index is 11.8. The van der Waals surface area contributed by atoms with E-state index in [1.54, 1.807) is 11.3 Å². The van der Waals surface area contributed by atoms with Gasteiger partial charge in [0.2, 0.25) is 0 Å². The topological polar surface area (TPSA) is 26.3 Å². The lowest BCUT2D eigenvalue weighted by Gasteiger charge is -2.19. The van der Waals surface area contributed by atoms with E-state index in [1.165, 1.54) is 12.0 Å². The Bertz CT molecular complexity index is 416. The summed E-state index contributed by atoms with van der Waals surface area (Å²) < 4.78 is 4.87. The second-order valence-corrected chi connectivity index (χ2v) is 7.40. The van der Waals surface area contributed by atoms with Crippen LogP contribution in [0.25, 0.3) is 0 Å². The number of hydrogen-bond donors (Lipinski definition) is 0. The van der Waals surface area contributed by atoms with Gasteiger partial charge >= 0.3 is 5.97 Å². The molecule has 0 radical (unpaired) electrons. The van der Waals surface area contributed by atoms with E-state index >= 15 is 0 Å². The largest absolute Gasteiger partial charge is 0.465 e. The number of methoxy groups -OCH3 is 1. The molecule has 1 aromatic rings. The van der Waals surface area contributed by atoms with Crippen molar-refractivity contribution >= 4 is 17.3 Å². The van der Waals surface area contributed by atoms with Gasteiger partial charge in [0.1, 0.15) is 0 Å². The summed E-state index contributed by atoms with van der Waals surface area (Å²) in [6, 6.07) is 1.98. The second-order valence-electron chi connectivity index (χ2n) is 6.35. The van der Waals surface area contributed by atoms with Crippen LogP contribution in [0, 0.1) is 0 Å². The van der Waals surface area contributed by atoms with Crippen LogP contribution in [0.3, 0.4) is 0 Å². The van der Waals surface area contributed by atoms with Crippen molar-refractivity contribution in [1.82, 2.24) is 0 Å². The van der Waals surface area contributed by atoms with Crippen molar-refractivity contribution in [3.8, 4) is 0 Å². The second kappa shape index (κ2) is 4.45. The van der Waals surface area contributed by atoms with E-state index < -0.39 is 0 Å². The molecule has 1 heterocycles. The lowest BCUT2D eigenvalue weighted by Crippen LogP contribution is -2.14. The van der Waals surface area contributed by atoms with Gasteiger partial charge in [0.05, 0.1) is 12.7 Å². The van der Waals surface area contributed by atoms with Crippen LogP contribution in [-0.2, 0) is 15.6 Å². The molecular formula is C14H22O2S. The molecule has 0 spiro atoms. The first kappa shape index (κ1) is 14.2. The van der Waals surface area contributed by atoms with Gasteiger partial charge in [-0.15, -0.1) is 11.3 Å². The highest BCUT2D eigenvalue weighted by molar-refractivity contribution is 7.12. The summed E-state index contributed by atoms with van der Waals surface area (Å²) in [5, 5.41) is 0. The number of esters is 1. The highest BCUT2D eigenvalue weighted by Gasteiger charge is 2.28. The van der Waals surface area contributed by atoms with Crippen LogP contribution in [0.4, 0.5) is 0 Å². The van der Waals surface area contributed by atoms with Crippen LogP contribution >= 0.6 is 11.3 Å². The Balaban J connectivity index is 3.37. The summed E-state index contributed by atoms with van der Waals surface area (Å²) in [7, 11) is 1.43. The lowest BCUT2D eigenvalue weighted by atomic mass is 9.90. The zero-order valence-corrected chi connectivity index (χ0v) is 12.6. The fourth-order valence-electron chi connectivity index (χ4n) is 1.58. The minimum Gasteiger partial charge on any atom is -0.465 e. The van der Waals surface area contributed by atoms with Crippen LogP contribution in [0.15, 0.2) is 6.07 Å². The molecule has 0 aliphatic carbocycles. The van der Waals surface area contributed by atoms with E-state index in [4.69, 9.17) is 4.74 Å². The standard InChI is InChI=1S/C14H22O2S/c1-13(2,3)10-8-9(12(15)16-7)11(17-10)14(4,5)6/h8H,1-7H3. The molecule has 0 fully saturated rings. The molecule has 0 unspecified atom stereocenters. The predicted octanol–water partition coefficient (Wildman–Crippen LogP) is 4.13. The van der Waals surface area contributed by atoms with Crippen LogP contribution in [0.1, 0.15) is 61.7 Å². The summed E-state index contributed by atoms with van der Waals surface area (Å²) in [5.41, 5.74) is 0.754. The summed E-state index contributed by atoms with van der Waals surface area (Å²) in [6.45, 7) is 12.8. The van der Waals surface area contributed by atoms with Gasteiger partial charge < -0.3 is 4.74 Å². The zero-order chi connectivity index (χ0) is 13.4. The van der Waals surface area contributed by atoms with Crippen molar-refractivity contribution in [2.24, 2.45) is 0 Å². The molecule has 3 heteroatoms. The van der Waals surface area contributed by atoms with Crippen molar-refractivity contribution in [3.05, 3.63) is 21.4 Å². The molecule has 2 nitrogen and oxygen atoms in total. The van der Waals surface area contributed by atoms with Crippen molar-refractivity contribution in [2.75, 3.05) is 7.11 Å². The fourth-order valence-corrected chi connectivity index (χ4v) is 2.84. The van der Waals surface area contributed by atoms with Crippen LogP contribution in [-0.4, -0.2) is 13.1 Å². The average molecular weight is 254 g/mol. The van der Waals surface area contributed by atoms with Gasteiger partial charge in [-0.25, -0.2) is 4.79 Å². The van der Waals surface area contributed by atoms with Crippen molar-refractivity contribution in [3.63, 3.8) is 0 Å². The molecule has 0 aliphatic heterocycles. The highest BCUT2D eigenvalue weighted by atomic mass is 32.1. The first-order valence-electron chi connectivity index (χ1n) is 5.80. The van der Waals surface area contributed by atoms with Crippen molar-refractivity contribution in [1.29, 1.82) is 0 Å². The maximum atomic E-state index is 11.8. The van der Waals surface area contributed by atoms with E-state index in [9.17, 15) is 4.79 Å². The number of rotatable bonds is 1. The Morgan fingerprint density at radius 3 is 2.00 bits per heavy atom. The third-order valence-corrected chi connectivity index (χ3v) is 4.54. The number of thiophene rings is 1. The van der Waals surface area contributed by atoms with E-state index in [-0.39, 0.29) is 16.8 Å². The van der Waals surface area contributed by atoms with Crippen molar-refractivity contribution < 1.29 is 9.53 Å². The molecule has 96 valence electrons. The molecule has 0 saturated heterocycles. The molecule has 1 aromatic heterocycles. The Labute approximate surface area is 108 Å². The van der Waals surface area contributed by atoms with E-state index in [1.807, 2.05) is 6.07 Å². The monoisotopic (exact) mass is 254 g/mol. The predicted molar refractivity (Wildman–Crippen MR) is 73.1 cm³/mol. The molecule has 0 atom stereocenters. The first-order valence-corrected chi connectivity index (χ1v) is 6.62. The Kier molecular flexibility index (Phi) is 3.72. The molecule has 0 bridgehead atoms. The number of carbonyl (C=O) groups excluding carboxylic acids is 1. The van der Waals surface area contributed by atoms with E-state index in [2.05, 4.69) is 41.5 Å². The number of hydrogen-bond acceptors (Lipinski definition) is 3. The average Bonchev–Trinajstić information content (AvgIpc) is 2.59. The SMILES string of the molecule is COC(=O)c1cc(C(C)(C)C)sc1C(C)(C)C. The molecular weight excluding hydrogens is 232 g/mol. The minimum absolute atomic E-state index is 0.0301. The Morgan fingerprint density at radius 1 is 1.12 bits per heavy atom. The Hall–Kier alpha value is -0.830. The van der Waals surface area contributed by atoms with Crippen LogP contribution in [0.5, 0.6) is 0 Å². The first-order chi connectivity index (χ1) is 7.57. The van der Waals surface area contributed by atoms with E-state index in [0.29, 0.717) is 0 Å². The third-order valence-electron chi connectivity index (χ3n) is 2.56. The smallest absolute Gasteiger partial charge is 0.339 e. The van der Waals surface area contributed by atoms with Gasteiger partial charge in [0, 0.05) is 9.75 Å². The van der Waals surface area contributed by atoms with Gasteiger partial charge in [-0.05, 0) is 16.9 Å². The lowest BCUT2D eigenvalue weighted by molar-refractivity contribution is 0.0599. The van der Waals surface area contributed by atoms with Gasteiger partial charge in [-0.3, -0.25) is 0 Å². The molecule has 0 aliphatic rings. The van der Waals surface area contributed by atoms with Gasteiger partial charge in [0.25, 0.3) is 0 Å². The van der Waals surface area contributed by atoms with Gasteiger partial charge in [-0.2, -0.15) is 0 Å². The molecule has 17 heavy (non-hydrogen) atoms. The minimum atomic E-state index is -0.235. The summed E-state index contributed by atoms with van der Waals surface area (Å²) >= 11 is 1.72. The normalized spacial score (nSPS) is 12.6. The summed E-state index contributed by atoms with van der Waals surface area (Å²) in [5.74, 6) is -0.235. The maximum Gasteiger partial charge on any atom is 0.339 e. The van der Waals surface area contributed by atoms with E-state index in [0.717, 1.165) is 10.4 Å². The molecule has 0 amide bonds. The van der Waals surface area contributed by atoms with Crippen molar-refractivity contribution in [2.45, 2.75) is 52.4 Å². The van der Waals surface area contributed by atoms with Gasteiger partial charge in [0.15, 0.2) is 0 Å². The molecule has 0 N–H and O–H groups in total.